The predicted molar refractivity (Wildman–Crippen MR) is 46.0 cm³/mol. The lowest BCUT2D eigenvalue weighted by Crippen LogP contribution is -2.15. The Kier molecular flexibility index (Phi) is 6.25. The van der Waals surface area contributed by atoms with E-state index in [0.717, 1.165) is 13.1 Å². The Hall–Kier alpha value is -0.520. The molecule has 0 saturated heterocycles. The molecular formula is C9H17N. The fraction of sp³-hybridized carbons (Fsp3) is 0.667. The molecule has 0 aliphatic rings. The highest BCUT2D eigenvalue weighted by Gasteiger charge is 1.93. The van der Waals surface area contributed by atoms with E-state index < -0.39 is 0 Å². The summed E-state index contributed by atoms with van der Waals surface area (Å²) in [6.07, 6.45) is 3.19. The van der Waals surface area contributed by atoms with Gasteiger partial charge in [0.05, 0.1) is 0 Å². The van der Waals surface area contributed by atoms with Gasteiger partial charge in [0.2, 0.25) is 0 Å². The quantitative estimate of drug-likeness (QED) is 0.453. The summed E-state index contributed by atoms with van der Waals surface area (Å²) in [5.74, 6) is 0.608. The first-order valence-electron chi connectivity index (χ1n) is 3.88. The van der Waals surface area contributed by atoms with Gasteiger partial charge in [-0.05, 0) is 31.5 Å². The first-order chi connectivity index (χ1) is 4.81. The summed E-state index contributed by atoms with van der Waals surface area (Å²) < 4.78 is 0. The second-order valence-corrected chi connectivity index (χ2v) is 2.49. The van der Waals surface area contributed by atoms with E-state index in [1.165, 1.54) is 6.42 Å². The van der Waals surface area contributed by atoms with E-state index in [0.29, 0.717) is 5.92 Å². The molecule has 0 aliphatic carbocycles. The van der Waals surface area contributed by atoms with Crippen molar-refractivity contribution in [2.45, 2.75) is 20.3 Å². The van der Waals surface area contributed by atoms with Gasteiger partial charge in [-0.1, -0.05) is 20.4 Å². The summed E-state index contributed by atoms with van der Waals surface area (Å²) >= 11 is 0. The molecule has 1 atom stereocenters. The average Bonchev–Trinajstić information content (AvgIpc) is 1.89. The largest absolute Gasteiger partial charge is 0.317 e. The van der Waals surface area contributed by atoms with Gasteiger partial charge in [-0.2, -0.15) is 0 Å². The highest BCUT2D eigenvalue weighted by Crippen LogP contribution is 2.00. The fourth-order valence-electron chi connectivity index (χ4n) is 0.791. The van der Waals surface area contributed by atoms with Gasteiger partial charge in [0.25, 0.3) is 0 Å². The van der Waals surface area contributed by atoms with Gasteiger partial charge in [-0.25, -0.2) is 0 Å². The summed E-state index contributed by atoms with van der Waals surface area (Å²) in [6.45, 7) is 9.98. The Bertz CT molecular complexity index is 112. The minimum absolute atomic E-state index is 0.608. The van der Waals surface area contributed by atoms with Crippen LogP contribution < -0.4 is 5.32 Å². The smallest absolute Gasteiger partial charge is 0.00433 e. The van der Waals surface area contributed by atoms with E-state index in [9.17, 15) is 0 Å². The molecule has 0 heterocycles. The lowest BCUT2D eigenvalue weighted by molar-refractivity contribution is 0.588. The molecule has 0 rings (SSSR count). The van der Waals surface area contributed by atoms with Crippen LogP contribution in [-0.2, 0) is 0 Å². The van der Waals surface area contributed by atoms with Crippen molar-refractivity contribution in [3.05, 3.63) is 18.4 Å². The maximum absolute atomic E-state index is 3.53. The molecule has 0 saturated carbocycles. The number of hydrogen-bond donors (Lipinski definition) is 1. The third-order valence-corrected chi connectivity index (χ3v) is 1.43. The van der Waals surface area contributed by atoms with Crippen LogP contribution in [0.5, 0.6) is 0 Å². The van der Waals surface area contributed by atoms with Crippen molar-refractivity contribution in [3.8, 4) is 0 Å². The highest BCUT2D eigenvalue weighted by atomic mass is 14.8. The molecule has 0 aliphatic heterocycles. The van der Waals surface area contributed by atoms with E-state index in [1.807, 2.05) is 6.08 Å². The predicted octanol–water partition coefficient (Wildman–Crippen LogP) is 1.96. The molecule has 0 fully saturated rings. The number of hydrogen-bond acceptors (Lipinski definition) is 1. The van der Waals surface area contributed by atoms with Gasteiger partial charge in [0.15, 0.2) is 0 Å². The normalized spacial score (nSPS) is 12.2. The van der Waals surface area contributed by atoms with E-state index in [-0.39, 0.29) is 0 Å². The molecule has 0 aromatic rings. The molecule has 1 heteroatoms. The van der Waals surface area contributed by atoms with Gasteiger partial charge < -0.3 is 5.32 Å². The zero-order valence-corrected chi connectivity index (χ0v) is 6.98. The zero-order valence-electron chi connectivity index (χ0n) is 6.98. The van der Waals surface area contributed by atoms with Crippen molar-refractivity contribution in [2.75, 3.05) is 13.1 Å². The maximum Gasteiger partial charge on any atom is -0.00433 e. The molecule has 1 unspecified atom stereocenters. The van der Waals surface area contributed by atoms with Crippen molar-refractivity contribution in [1.29, 1.82) is 0 Å². The molecule has 1 nitrogen and oxygen atoms in total. The van der Waals surface area contributed by atoms with Gasteiger partial charge in [-0.3, -0.25) is 0 Å². The van der Waals surface area contributed by atoms with Gasteiger partial charge in [-0.15, -0.1) is 5.73 Å². The molecule has 10 heavy (non-hydrogen) atoms. The Labute approximate surface area is 63.8 Å². The van der Waals surface area contributed by atoms with E-state index in [1.54, 1.807) is 0 Å². The van der Waals surface area contributed by atoms with Crippen LogP contribution in [0.2, 0.25) is 0 Å². The van der Waals surface area contributed by atoms with Crippen LogP contribution in [-0.4, -0.2) is 13.1 Å². The first kappa shape index (κ1) is 9.48. The van der Waals surface area contributed by atoms with Crippen molar-refractivity contribution in [3.63, 3.8) is 0 Å². The van der Waals surface area contributed by atoms with Crippen LogP contribution in [0.3, 0.4) is 0 Å². The number of allylic oxidation sites excluding steroid dienone is 1. The molecule has 0 spiro atoms. The van der Waals surface area contributed by atoms with Crippen molar-refractivity contribution in [2.24, 2.45) is 5.92 Å². The number of rotatable bonds is 5. The molecule has 0 radical (unpaired) electrons. The topological polar surface area (TPSA) is 12.0 Å². The monoisotopic (exact) mass is 139 g/mol. The van der Waals surface area contributed by atoms with Crippen LogP contribution in [0.4, 0.5) is 0 Å². The van der Waals surface area contributed by atoms with Gasteiger partial charge in [0, 0.05) is 0 Å². The Morgan fingerprint density at radius 3 is 2.90 bits per heavy atom. The average molecular weight is 139 g/mol. The molecule has 58 valence electrons. The Balaban J connectivity index is 3.21. The molecule has 0 aromatic carbocycles. The fourth-order valence-corrected chi connectivity index (χ4v) is 0.791. The Morgan fingerprint density at radius 2 is 2.40 bits per heavy atom. The van der Waals surface area contributed by atoms with E-state index in [4.69, 9.17) is 0 Å². The van der Waals surface area contributed by atoms with Crippen molar-refractivity contribution < 1.29 is 0 Å². The third kappa shape index (κ3) is 5.61. The minimum Gasteiger partial charge on any atom is -0.317 e. The molecule has 1 N–H and O–H groups in total. The summed E-state index contributed by atoms with van der Waals surface area (Å²) in [7, 11) is 0. The molecule has 0 amide bonds. The van der Waals surface area contributed by atoms with Gasteiger partial charge >= 0.3 is 0 Å². The summed E-state index contributed by atoms with van der Waals surface area (Å²) in [6, 6.07) is 0. The lowest BCUT2D eigenvalue weighted by Gasteiger charge is -2.03. The first-order valence-corrected chi connectivity index (χ1v) is 3.88. The summed E-state index contributed by atoms with van der Waals surface area (Å²) in [5.41, 5.74) is 2.79. The Morgan fingerprint density at radius 1 is 1.70 bits per heavy atom. The van der Waals surface area contributed by atoms with Crippen LogP contribution in [0.1, 0.15) is 20.3 Å². The van der Waals surface area contributed by atoms with Crippen molar-refractivity contribution in [1.82, 2.24) is 5.32 Å². The minimum atomic E-state index is 0.608. The van der Waals surface area contributed by atoms with Crippen LogP contribution in [0, 0.1) is 5.92 Å². The van der Waals surface area contributed by atoms with Crippen LogP contribution >= 0.6 is 0 Å². The van der Waals surface area contributed by atoms with Crippen molar-refractivity contribution >= 4 is 0 Å². The van der Waals surface area contributed by atoms with Crippen LogP contribution in [0.25, 0.3) is 0 Å². The second-order valence-electron chi connectivity index (χ2n) is 2.49. The van der Waals surface area contributed by atoms with E-state index in [2.05, 4.69) is 31.5 Å². The lowest BCUT2D eigenvalue weighted by atomic mass is 10.1. The van der Waals surface area contributed by atoms with Crippen LogP contribution in [0.15, 0.2) is 18.4 Å². The molecule has 0 bridgehead atoms. The van der Waals surface area contributed by atoms with Gasteiger partial charge in [0.1, 0.15) is 0 Å². The third-order valence-electron chi connectivity index (χ3n) is 1.43. The highest BCUT2D eigenvalue weighted by molar-refractivity contribution is 4.81. The van der Waals surface area contributed by atoms with E-state index >= 15 is 0 Å². The summed E-state index contributed by atoms with van der Waals surface area (Å²) in [4.78, 5) is 0. The number of nitrogens with one attached hydrogen (secondary N) is 1. The molecular weight excluding hydrogens is 122 g/mol. The standard InChI is InChI=1S/C9H17N/c1-4-6-9(3)7-8-10-5-2/h6,9-10H,1,5,7-8H2,2-3H3. The molecule has 0 aromatic heterocycles. The SMILES string of the molecule is C=C=CC(C)CCNCC. The maximum atomic E-state index is 3.53. The second kappa shape index (κ2) is 6.60. The summed E-state index contributed by atoms with van der Waals surface area (Å²) in [5, 5.41) is 3.27. The zero-order chi connectivity index (χ0) is 7.82.